The van der Waals surface area contributed by atoms with Gasteiger partial charge in [0.1, 0.15) is 11.4 Å². The van der Waals surface area contributed by atoms with Gasteiger partial charge in [0.25, 0.3) is 0 Å². The Kier molecular flexibility index (Phi) is 6.44. The van der Waals surface area contributed by atoms with Gasteiger partial charge in [-0.25, -0.2) is 4.79 Å². The second-order valence-corrected chi connectivity index (χ2v) is 9.83. The molecule has 1 aliphatic heterocycles. The van der Waals surface area contributed by atoms with Gasteiger partial charge in [0, 0.05) is 24.0 Å². The number of piperidine rings is 1. The lowest BCUT2D eigenvalue weighted by atomic mass is 9.61. The number of nitrogens with zero attached hydrogens (tertiary/aromatic N) is 1. The highest BCUT2D eigenvalue weighted by atomic mass is 16.6. The molecule has 1 aromatic rings. The van der Waals surface area contributed by atoms with E-state index in [1.165, 1.54) is 11.1 Å². The number of hydrogen-bond acceptors (Lipinski definition) is 5. The predicted molar refractivity (Wildman–Crippen MR) is 115 cm³/mol. The predicted octanol–water partition coefficient (Wildman–Crippen LogP) is 3.17. The van der Waals surface area contributed by atoms with Gasteiger partial charge in [-0.1, -0.05) is 13.0 Å². The molecule has 1 aliphatic carbocycles. The lowest BCUT2D eigenvalue weighted by Crippen LogP contribution is -2.66. The smallest absolute Gasteiger partial charge is 0.407 e. The largest absolute Gasteiger partial charge is 0.508 e. The summed E-state index contributed by atoms with van der Waals surface area (Å²) in [4.78, 5) is 14.2. The maximum atomic E-state index is 11.7. The van der Waals surface area contributed by atoms with E-state index >= 15 is 0 Å². The number of carbonyl (C=O) groups is 1. The average Bonchev–Trinajstić information content (AvgIpc) is 2.62. The summed E-state index contributed by atoms with van der Waals surface area (Å²) in [5, 5.41) is 16.7. The second kappa shape index (κ2) is 8.52. The summed E-state index contributed by atoms with van der Waals surface area (Å²) in [6.45, 7) is 10.6. The Labute approximate surface area is 175 Å². The fraction of sp³-hybridized carbons (Fsp3) is 0.696. The van der Waals surface area contributed by atoms with Gasteiger partial charge in [-0.15, -0.1) is 0 Å². The summed E-state index contributed by atoms with van der Waals surface area (Å²) in [5.74, 6) is 0.356. The molecule has 0 spiro atoms. The van der Waals surface area contributed by atoms with Gasteiger partial charge in [-0.3, -0.25) is 0 Å². The fourth-order valence-electron chi connectivity index (χ4n) is 4.86. The molecule has 29 heavy (non-hydrogen) atoms. The fourth-order valence-corrected chi connectivity index (χ4v) is 4.86. The van der Waals surface area contributed by atoms with Crippen molar-refractivity contribution in [3.8, 4) is 5.75 Å². The van der Waals surface area contributed by atoms with E-state index in [-0.39, 0.29) is 11.5 Å². The number of nitrogens with one attached hydrogen (secondary N) is 2. The molecule has 1 aromatic carbocycles. The molecule has 0 aromatic heterocycles. The number of phenols is 1. The number of fused-ring (bicyclic) bond motifs is 4. The highest BCUT2D eigenvalue weighted by Crippen LogP contribution is 2.45. The molecule has 2 aliphatic rings. The van der Waals surface area contributed by atoms with E-state index < -0.39 is 5.60 Å². The van der Waals surface area contributed by atoms with Crippen molar-refractivity contribution in [2.24, 2.45) is 0 Å². The molecule has 1 fully saturated rings. The summed E-state index contributed by atoms with van der Waals surface area (Å²) < 4.78 is 5.27. The first-order valence-corrected chi connectivity index (χ1v) is 10.8. The molecule has 6 heteroatoms. The summed E-state index contributed by atoms with van der Waals surface area (Å²) in [6.07, 6.45) is 3.64. The minimum atomic E-state index is -0.462. The van der Waals surface area contributed by atoms with Crippen molar-refractivity contribution in [1.82, 2.24) is 15.5 Å². The number of likely N-dealkylation sites (tertiary alicyclic amines) is 1. The Balaban J connectivity index is 1.53. The normalized spacial score (nSPS) is 26.7. The zero-order valence-corrected chi connectivity index (χ0v) is 18.5. The van der Waals surface area contributed by atoms with Crippen molar-refractivity contribution >= 4 is 6.09 Å². The molecule has 2 bridgehead atoms. The number of phenolic OH excluding ortho intramolecular Hbond substituents is 1. The van der Waals surface area contributed by atoms with E-state index in [1.54, 1.807) is 0 Å². The van der Waals surface area contributed by atoms with E-state index in [4.69, 9.17) is 4.74 Å². The van der Waals surface area contributed by atoms with Crippen LogP contribution in [-0.2, 0) is 16.6 Å². The highest BCUT2D eigenvalue weighted by Gasteiger charge is 2.49. The molecule has 0 radical (unpaired) electrons. The van der Waals surface area contributed by atoms with Crippen LogP contribution in [0.15, 0.2) is 18.2 Å². The maximum absolute atomic E-state index is 11.7. The van der Waals surface area contributed by atoms with E-state index in [0.29, 0.717) is 24.4 Å². The Bertz CT molecular complexity index is 731. The standard InChI is InChI=1S/C23H37N3O3/c1-22(2,3)29-21(28)25-12-7-6-11-24-20-19-14-16-8-9-17(27)15-18(16)23(20,4)10-13-26(19)5/h8-9,15,19-20,24,27H,6-7,10-14H2,1-5H3,(H,25,28)/t19-,20+,23?/m1/s1. The lowest BCUT2D eigenvalue weighted by Gasteiger charge is -2.55. The van der Waals surface area contributed by atoms with Gasteiger partial charge in [-0.05, 0) is 89.9 Å². The van der Waals surface area contributed by atoms with Crippen molar-refractivity contribution in [3.05, 3.63) is 29.3 Å². The van der Waals surface area contributed by atoms with Crippen molar-refractivity contribution in [2.45, 2.75) is 76.5 Å². The first-order valence-electron chi connectivity index (χ1n) is 10.8. The summed E-state index contributed by atoms with van der Waals surface area (Å²) in [7, 11) is 2.22. The van der Waals surface area contributed by atoms with Crippen LogP contribution in [0.1, 0.15) is 58.1 Å². The Hall–Kier alpha value is -1.79. The van der Waals surface area contributed by atoms with Crippen LogP contribution in [0, 0.1) is 0 Å². The average molecular weight is 404 g/mol. The topological polar surface area (TPSA) is 73.8 Å². The van der Waals surface area contributed by atoms with Crippen LogP contribution in [-0.4, -0.2) is 60.5 Å². The van der Waals surface area contributed by atoms with Crippen LogP contribution in [0.5, 0.6) is 5.75 Å². The number of hydrogen-bond donors (Lipinski definition) is 3. The van der Waals surface area contributed by atoms with Crippen LogP contribution < -0.4 is 10.6 Å². The number of ether oxygens (including phenoxy) is 1. The van der Waals surface area contributed by atoms with Crippen LogP contribution in [0.4, 0.5) is 4.79 Å². The van der Waals surface area contributed by atoms with E-state index in [9.17, 15) is 9.90 Å². The van der Waals surface area contributed by atoms with Gasteiger partial charge < -0.3 is 25.4 Å². The van der Waals surface area contributed by atoms with Crippen molar-refractivity contribution < 1.29 is 14.6 Å². The Morgan fingerprint density at radius 1 is 1.31 bits per heavy atom. The number of alkyl carbamates (subject to hydrolysis) is 1. The van der Waals surface area contributed by atoms with E-state index in [2.05, 4.69) is 35.6 Å². The number of carbonyl (C=O) groups excluding carboxylic acids is 1. The Morgan fingerprint density at radius 2 is 2.03 bits per heavy atom. The van der Waals surface area contributed by atoms with Crippen molar-refractivity contribution in [1.29, 1.82) is 0 Å². The molecular formula is C23H37N3O3. The molecule has 0 saturated carbocycles. The van der Waals surface area contributed by atoms with Crippen LogP contribution in [0.3, 0.4) is 0 Å². The number of benzene rings is 1. The highest BCUT2D eigenvalue weighted by molar-refractivity contribution is 5.67. The molecular weight excluding hydrogens is 366 g/mol. The molecule has 1 heterocycles. The number of unbranched alkanes of at least 4 members (excludes halogenated alkanes) is 1. The second-order valence-electron chi connectivity index (χ2n) is 9.83. The molecule has 6 nitrogen and oxygen atoms in total. The Morgan fingerprint density at radius 3 is 2.76 bits per heavy atom. The van der Waals surface area contributed by atoms with Gasteiger partial charge in [0.2, 0.25) is 0 Å². The van der Waals surface area contributed by atoms with Gasteiger partial charge in [0.05, 0.1) is 0 Å². The molecule has 162 valence electrons. The molecule has 3 atom stereocenters. The monoisotopic (exact) mass is 403 g/mol. The minimum absolute atomic E-state index is 0.0261. The van der Waals surface area contributed by atoms with Crippen molar-refractivity contribution in [2.75, 3.05) is 26.7 Å². The van der Waals surface area contributed by atoms with Gasteiger partial charge in [0.15, 0.2) is 0 Å². The zero-order chi connectivity index (χ0) is 21.2. The quantitative estimate of drug-likeness (QED) is 0.636. The molecule has 3 rings (SSSR count). The first-order chi connectivity index (χ1) is 13.6. The maximum Gasteiger partial charge on any atom is 0.407 e. The van der Waals surface area contributed by atoms with E-state index in [1.807, 2.05) is 32.9 Å². The number of likely N-dealkylation sites (N-methyl/N-ethyl adjacent to an activating group) is 1. The van der Waals surface area contributed by atoms with E-state index in [0.717, 1.165) is 38.8 Å². The van der Waals surface area contributed by atoms with Crippen molar-refractivity contribution in [3.63, 3.8) is 0 Å². The SMILES string of the molecule is CN1CCC2(C)c3cc(O)ccc3C[C@@H]1[C@@H]2NCCCCNC(=O)OC(C)(C)C. The third-order valence-corrected chi connectivity index (χ3v) is 6.40. The summed E-state index contributed by atoms with van der Waals surface area (Å²) in [6, 6.07) is 6.69. The summed E-state index contributed by atoms with van der Waals surface area (Å²) in [5.41, 5.74) is 2.22. The third-order valence-electron chi connectivity index (χ3n) is 6.40. The lowest BCUT2D eigenvalue weighted by molar-refractivity contribution is 0.0526. The molecule has 1 unspecified atom stereocenters. The molecule has 3 N–H and O–H groups in total. The molecule has 1 amide bonds. The van der Waals surface area contributed by atoms with Crippen LogP contribution in [0.25, 0.3) is 0 Å². The first kappa shape index (κ1) is 21.9. The molecule has 1 saturated heterocycles. The van der Waals surface area contributed by atoms with Crippen LogP contribution in [0.2, 0.25) is 0 Å². The third kappa shape index (κ3) is 5.04. The number of rotatable bonds is 6. The number of amides is 1. The summed E-state index contributed by atoms with van der Waals surface area (Å²) >= 11 is 0. The number of aromatic hydroxyl groups is 1. The van der Waals surface area contributed by atoms with Gasteiger partial charge in [-0.2, -0.15) is 0 Å². The van der Waals surface area contributed by atoms with Crippen LogP contribution >= 0.6 is 0 Å². The minimum Gasteiger partial charge on any atom is -0.508 e. The van der Waals surface area contributed by atoms with Gasteiger partial charge >= 0.3 is 6.09 Å². The zero-order valence-electron chi connectivity index (χ0n) is 18.5.